The second-order valence-corrected chi connectivity index (χ2v) is 7.49. The van der Waals surface area contributed by atoms with Gasteiger partial charge in [-0.25, -0.2) is 9.97 Å². The van der Waals surface area contributed by atoms with Gasteiger partial charge in [-0.05, 0) is 12.1 Å². The molecule has 0 radical (unpaired) electrons. The molecular weight excluding hydrogens is 329 g/mol. The molecule has 2 N–H and O–H groups in total. The second kappa shape index (κ2) is 7.36. The average molecular weight is 349 g/mol. The number of nitrogens with zero attached hydrogens (tertiary/aromatic N) is 5. The lowest BCUT2D eigenvalue weighted by Crippen LogP contribution is -2.47. The Labute approximate surface area is 140 Å². The zero-order chi connectivity index (χ0) is 17.0. The molecule has 1 fully saturated rings. The van der Waals surface area contributed by atoms with Gasteiger partial charge in [0.1, 0.15) is 12.1 Å². The van der Waals surface area contributed by atoms with E-state index in [0.717, 1.165) is 43.3 Å². The van der Waals surface area contributed by atoms with E-state index < -0.39 is 7.60 Å². The molecular formula is C15H20N5O3P. The molecule has 0 spiro atoms. The molecule has 1 aliphatic rings. The molecule has 2 aromatic rings. The standard InChI is InChI=1S/C15H20N5O3P/c21-24(22,23)10-9-19-5-7-20(8-6-19)15-11-14(17-12-18-15)13-1-3-16-4-2-13/h1-4,11-12H,5-10H2,(H2,21,22,23). The Morgan fingerprint density at radius 3 is 2.46 bits per heavy atom. The van der Waals surface area contributed by atoms with Crippen LogP contribution in [0.25, 0.3) is 11.3 Å². The largest absolute Gasteiger partial charge is 0.354 e. The highest BCUT2D eigenvalue weighted by molar-refractivity contribution is 7.51. The molecule has 128 valence electrons. The number of pyridine rings is 1. The van der Waals surface area contributed by atoms with E-state index >= 15 is 0 Å². The van der Waals surface area contributed by atoms with Crippen LogP contribution in [0.2, 0.25) is 0 Å². The van der Waals surface area contributed by atoms with Crippen molar-refractivity contribution in [3.63, 3.8) is 0 Å². The number of anilines is 1. The van der Waals surface area contributed by atoms with Crippen LogP contribution in [0.5, 0.6) is 0 Å². The highest BCUT2D eigenvalue weighted by Gasteiger charge is 2.21. The summed E-state index contributed by atoms with van der Waals surface area (Å²) in [5, 5.41) is 0. The summed E-state index contributed by atoms with van der Waals surface area (Å²) in [6.45, 7) is 3.48. The van der Waals surface area contributed by atoms with Crippen LogP contribution in [0, 0.1) is 0 Å². The Bertz CT molecular complexity index is 716. The highest BCUT2D eigenvalue weighted by atomic mass is 31.2. The number of piperazine rings is 1. The Morgan fingerprint density at radius 2 is 1.79 bits per heavy atom. The predicted molar refractivity (Wildman–Crippen MR) is 90.8 cm³/mol. The van der Waals surface area contributed by atoms with Gasteiger partial charge in [0.15, 0.2) is 0 Å². The van der Waals surface area contributed by atoms with Crippen molar-refractivity contribution in [2.45, 2.75) is 0 Å². The monoisotopic (exact) mass is 349 g/mol. The molecule has 0 aromatic carbocycles. The first-order valence-corrected chi connectivity index (χ1v) is 9.55. The number of hydrogen-bond acceptors (Lipinski definition) is 6. The van der Waals surface area contributed by atoms with E-state index in [1.165, 1.54) is 0 Å². The third-order valence-electron chi connectivity index (χ3n) is 4.03. The summed E-state index contributed by atoms with van der Waals surface area (Å²) in [6.07, 6.45) is 4.94. The van der Waals surface area contributed by atoms with Crippen LogP contribution < -0.4 is 4.90 Å². The van der Waals surface area contributed by atoms with Gasteiger partial charge in [-0.3, -0.25) is 14.4 Å². The van der Waals surface area contributed by atoms with Crippen LogP contribution in [0.15, 0.2) is 36.9 Å². The molecule has 8 nitrogen and oxygen atoms in total. The first kappa shape index (κ1) is 17.0. The van der Waals surface area contributed by atoms with Crippen LogP contribution >= 0.6 is 7.60 Å². The molecule has 24 heavy (non-hydrogen) atoms. The van der Waals surface area contributed by atoms with Crippen LogP contribution in [-0.2, 0) is 4.57 Å². The van der Waals surface area contributed by atoms with E-state index in [9.17, 15) is 4.57 Å². The minimum Gasteiger partial charge on any atom is -0.354 e. The topological polar surface area (TPSA) is 103 Å². The molecule has 9 heteroatoms. The Hall–Kier alpha value is -1.86. The van der Waals surface area contributed by atoms with Gasteiger partial charge in [-0.15, -0.1) is 0 Å². The van der Waals surface area contributed by atoms with Crippen LogP contribution in [0.4, 0.5) is 5.82 Å². The van der Waals surface area contributed by atoms with Crippen LogP contribution in [0.1, 0.15) is 0 Å². The smallest absolute Gasteiger partial charge is 0.326 e. The molecule has 3 rings (SSSR count). The minimum absolute atomic E-state index is 0.0906. The molecule has 0 amide bonds. The van der Waals surface area contributed by atoms with E-state index in [0.29, 0.717) is 6.54 Å². The van der Waals surface area contributed by atoms with Gasteiger partial charge in [0.25, 0.3) is 0 Å². The quantitative estimate of drug-likeness (QED) is 0.766. The van der Waals surface area contributed by atoms with Crippen molar-refractivity contribution in [2.75, 3.05) is 43.8 Å². The van der Waals surface area contributed by atoms with E-state index in [4.69, 9.17) is 9.79 Å². The lowest BCUT2D eigenvalue weighted by atomic mass is 10.2. The number of rotatable bonds is 5. The molecule has 0 unspecified atom stereocenters. The zero-order valence-electron chi connectivity index (χ0n) is 13.2. The maximum Gasteiger partial charge on any atom is 0.326 e. The van der Waals surface area contributed by atoms with Gasteiger partial charge in [-0.1, -0.05) is 0 Å². The van der Waals surface area contributed by atoms with Crippen LogP contribution in [-0.4, -0.2) is 68.5 Å². The third kappa shape index (κ3) is 4.58. The summed E-state index contributed by atoms with van der Waals surface area (Å²) >= 11 is 0. The lowest BCUT2D eigenvalue weighted by molar-refractivity contribution is 0.264. The van der Waals surface area contributed by atoms with Gasteiger partial charge >= 0.3 is 7.60 Å². The predicted octanol–water partition coefficient (Wildman–Crippen LogP) is 0.838. The van der Waals surface area contributed by atoms with Crippen molar-refractivity contribution >= 4 is 13.4 Å². The van der Waals surface area contributed by atoms with Crippen molar-refractivity contribution in [3.05, 3.63) is 36.9 Å². The Morgan fingerprint density at radius 1 is 1.08 bits per heavy atom. The summed E-state index contributed by atoms with van der Waals surface area (Å²) in [5.74, 6) is 0.867. The summed E-state index contributed by atoms with van der Waals surface area (Å²) < 4.78 is 11.0. The molecule has 0 aliphatic carbocycles. The van der Waals surface area contributed by atoms with Crippen LogP contribution in [0.3, 0.4) is 0 Å². The molecule has 1 saturated heterocycles. The molecule has 3 heterocycles. The average Bonchev–Trinajstić information content (AvgIpc) is 2.61. The first-order chi connectivity index (χ1) is 11.5. The fourth-order valence-electron chi connectivity index (χ4n) is 2.67. The Kier molecular flexibility index (Phi) is 5.20. The maximum absolute atomic E-state index is 11.0. The Balaban J connectivity index is 1.62. The van der Waals surface area contributed by atoms with Crippen molar-refractivity contribution in [3.8, 4) is 11.3 Å². The summed E-state index contributed by atoms with van der Waals surface area (Å²) in [4.78, 5) is 34.9. The summed E-state index contributed by atoms with van der Waals surface area (Å²) in [7, 11) is -3.93. The normalized spacial score (nSPS) is 16.3. The van der Waals surface area contributed by atoms with E-state index in [2.05, 4.69) is 24.8 Å². The SMILES string of the molecule is O=P(O)(O)CCN1CCN(c2cc(-c3ccncc3)ncn2)CC1. The van der Waals surface area contributed by atoms with E-state index in [1.807, 2.05) is 18.2 Å². The minimum atomic E-state index is -3.93. The molecule has 1 aliphatic heterocycles. The highest BCUT2D eigenvalue weighted by Crippen LogP contribution is 2.33. The molecule has 0 atom stereocenters. The van der Waals surface area contributed by atoms with Gasteiger partial charge < -0.3 is 14.7 Å². The van der Waals surface area contributed by atoms with E-state index in [-0.39, 0.29) is 6.16 Å². The summed E-state index contributed by atoms with van der Waals surface area (Å²) in [5.41, 5.74) is 1.85. The zero-order valence-corrected chi connectivity index (χ0v) is 14.1. The molecule has 0 saturated carbocycles. The maximum atomic E-state index is 11.0. The summed E-state index contributed by atoms with van der Waals surface area (Å²) in [6, 6.07) is 5.78. The van der Waals surface area contributed by atoms with Gasteiger partial charge in [0.05, 0.1) is 11.9 Å². The van der Waals surface area contributed by atoms with Crippen molar-refractivity contribution < 1.29 is 14.4 Å². The first-order valence-electron chi connectivity index (χ1n) is 7.75. The third-order valence-corrected chi connectivity index (χ3v) is 4.82. The van der Waals surface area contributed by atoms with Gasteiger partial charge in [0.2, 0.25) is 0 Å². The second-order valence-electron chi connectivity index (χ2n) is 5.71. The van der Waals surface area contributed by atoms with Crippen molar-refractivity contribution in [1.82, 2.24) is 19.9 Å². The lowest BCUT2D eigenvalue weighted by Gasteiger charge is -2.35. The van der Waals surface area contributed by atoms with Crippen molar-refractivity contribution in [1.29, 1.82) is 0 Å². The number of aromatic nitrogens is 3. The molecule has 2 aromatic heterocycles. The fraction of sp³-hybridized carbons (Fsp3) is 0.400. The fourth-order valence-corrected chi connectivity index (χ4v) is 3.22. The number of hydrogen-bond donors (Lipinski definition) is 2. The molecule has 0 bridgehead atoms. The van der Waals surface area contributed by atoms with Gasteiger partial charge in [-0.2, -0.15) is 0 Å². The van der Waals surface area contributed by atoms with E-state index in [1.54, 1.807) is 18.7 Å². The van der Waals surface area contributed by atoms with Gasteiger partial charge in [0, 0.05) is 56.7 Å². The van der Waals surface area contributed by atoms with Crippen molar-refractivity contribution in [2.24, 2.45) is 0 Å².